The molecule has 0 bridgehead atoms. The van der Waals surface area contributed by atoms with E-state index < -0.39 is 0 Å². The fourth-order valence-corrected chi connectivity index (χ4v) is 0.474. The minimum atomic E-state index is 0.721. The quantitative estimate of drug-likeness (QED) is 0.475. The fraction of sp³-hybridized carbons (Fsp3) is 0.250. The molecule has 10 heavy (non-hydrogen) atoms. The molecular weight excluding hydrogens is 126 g/mol. The summed E-state index contributed by atoms with van der Waals surface area (Å²) in [6.45, 7) is 5.45. The fourth-order valence-electron chi connectivity index (χ4n) is 0.474. The normalized spacial score (nSPS) is 13.0. The van der Waals surface area contributed by atoms with Crippen LogP contribution in [0, 0.1) is 0 Å². The number of rotatable bonds is 3. The predicted octanol–water partition coefficient (Wildman–Crippen LogP) is 1.57. The van der Waals surface area contributed by atoms with Crippen molar-refractivity contribution in [1.82, 2.24) is 0 Å². The molecule has 0 spiro atoms. The lowest BCUT2D eigenvalue weighted by molar-refractivity contribution is 0.307. The Morgan fingerprint density at radius 2 is 2.20 bits per heavy atom. The monoisotopic (exact) mass is 139 g/mol. The summed E-state index contributed by atoms with van der Waals surface area (Å²) in [5.41, 5.74) is 6.19. The molecule has 0 aromatic heterocycles. The van der Waals surface area contributed by atoms with Crippen molar-refractivity contribution in [3.63, 3.8) is 0 Å². The molecule has 56 valence electrons. The summed E-state index contributed by atoms with van der Waals surface area (Å²) < 4.78 is 4.92. The van der Waals surface area contributed by atoms with Gasteiger partial charge in [0.15, 0.2) is 0 Å². The Bertz CT molecular complexity index is 168. The van der Waals surface area contributed by atoms with Crippen LogP contribution in [0.2, 0.25) is 0 Å². The van der Waals surface area contributed by atoms with Gasteiger partial charge in [-0.1, -0.05) is 6.58 Å². The number of methoxy groups -OCH3 is 1. The van der Waals surface area contributed by atoms with Gasteiger partial charge in [-0.15, -0.1) is 0 Å². The summed E-state index contributed by atoms with van der Waals surface area (Å²) in [6, 6.07) is 0. The first kappa shape index (κ1) is 8.82. The maximum Gasteiger partial charge on any atom is 0.118 e. The molecule has 0 atom stereocenters. The smallest absolute Gasteiger partial charge is 0.118 e. The van der Waals surface area contributed by atoms with E-state index in [0.717, 1.165) is 11.3 Å². The minimum absolute atomic E-state index is 0.721. The SMILES string of the molecule is C=C/C(=C\C(C)=C/N)OC. The maximum absolute atomic E-state index is 5.23. The third-order valence-corrected chi connectivity index (χ3v) is 1.07. The van der Waals surface area contributed by atoms with Crippen LogP contribution in [-0.2, 0) is 4.74 Å². The highest BCUT2D eigenvalue weighted by molar-refractivity contribution is 5.22. The van der Waals surface area contributed by atoms with Gasteiger partial charge in [0.1, 0.15) is 5.76 Å². The molecule has 2 nitrogen and oxygen atoms in total. The highest BCUT2D eigenvalue weighted by Crippen LogP contribution is 2.01. The average molecular weight is 139 g/mol. The van der Waals surface area contributed by atoms with E-state index in [4.69, 9.17) is 10.5 Å². The van der Waals surface area contributed by atoms with Gasteiger partial charge in [-0.25, -0.2) is 0 Å². The van der Waals surface area contributed by atoms with E-state index in [0.29, 0.717) is 0 Å². The van der Waals surface area contributed by atoms with Crippen LogP contribution in [0.4, 0.5) is 0 Å². The number of allylic oxidation sites excluding steroid dienone is 3. The van der Waals surface area contributed by atoms with Crippen LogP contribution in [0.5, 0.6) is 0 Å². The molecule has 0 heterocycles. The Balaban J connectivity index is 4.24. The van der Waals surface area contributed by atoms with E-state index in [1.165, 1.54) is 6.20 Å². The maximum atomic E-state index is 5.23. The van der Waals surface area contributed by atoms with E-state index in [1.807, 2.05) is 13.0 Å². The summed E-state index contributed by atoms with van der Waals surface area (Å²) in [6.07, 6.45) is 4.96. The van der Waals surface area contributed by atoms with Crippen molar-refractivity contribution in [2.45, 2.75) is 6.92 Å². The highest BCUT2D eigenvalue weighted by Gasteiger charge is 1.86. The molecule has 0 aliphatic carbocycles. The standard InChI is InChI=1S/C8H13NO/c1-4-8(10-3)5-7(2)6-9/h4-6H,1,9H2,2-3H3/b7-6-,8-5+. The van der Waals surface area contributed by atoms with Gasteiger partial charge in [0.25, 0.3) is 0 Å². The van der Waals surface area contributed by atoms with E-state index in [2.05, 4.69) is 6.58 Å². The molecule has 0 aliphatic heterocycles. The molecule has 2 N–H and O–H groups in total. The van der Waals surface area contributed by atoms with Crippen molar-refractivity contribution in [1.29, 1.82) is 0 Å². The predicted molar refractivity (Wildman–Crippen MR) is 43.2 cm³/mol. The highest BCUT2D eigenvalue weighted by atomic mass is 16.5. The van der Waals surface area contributed by atoms with Crippen LogP contribution < -0.4 is 5.73 Å². The van der Waals surface area contributed by atoms with Crippen molar-refractivity contribution in [2.75, 3.05) is 7.11 Å². The van der Waals surface area contributed by atoms with Crippen molar-refractivity contribution in [3.8, 4) is 0 Å². The average Bonchev–Trinajstić information content (AvgIpc) is 1.99. The van der Waals surface area contributed by atoms with Gasteiger partial charge in [-0.3, -0.25) is 0 Å². The van der Waals surface area contributed by atoms with Gasteiger partial charge in [-0.2, -0.15) is 0 Å². The summed E-state index contributed by atoms with van der Waals surface area (Å²) in [5, 5.41) is 0. The topological polar surface area (TPSA) is 35.2 Å². The first-order chi connectivity index (χ1) is 4.74. The summed E-state index contributed by atoms with van der Waals surface area (Å²) in [4.78, 5) is 0. The number of hydrogen-bond acceptors (Lipinski definition) is 2. The molecule has 0 unspecified atom stereocenters. The van der Waals surface area contributed by atoms with Crippen LogP contribution in [0.25, 0.3) is 0 Å². The Morgan fingerprint density at radius 3 is 2.50 bits per heavy atom. The third-order valence-electron chi connectivity index (χ3n) is 1.07. The molecule has 0 aliphatic rings. The van der Waals surface area contributed by atoms with E-state index >= 15 is 0 Å². The molecule has 0 radical (unpaired) electrons. The van der Waals surface area contributed by atoms with Crippen LogP contribution in [0.3, 0.4) is 0 Å². The van der Waals surface area contributed by atoms with Crippen molar-refractivity contribution in [3.05, 3.63) is 36.3 Å². The second-order valence-electron chi connectivity index (χ2n) is 1.87. The largest absolute Gasteiger partial charge is 0.497 e. The number of ether oxygens (including phenoxy) is 1. The summed E-state index contributed by atoms with van der Waals surface area (Å²) >= 11 is 0. The van der Waals surface area contributed by atoms with Crippen LogP contribution in [0.15, 0.2) is 36.3 Å². The van der Waals surface area contributed by atoms with Crippen molar-refractivity contribution >= 4 is 0 Å². The van der Waals surface area contributed by atoms with Crippen LogP contribution in [0.1, 0.15) is 6.92 Å². The Labute approximate surface area is 61.7 Å². The molecule has 2 heteroatoms. The Hall–Kier alpha value is -1.18. The number of nitrogens with two attached hydrogens (primary N) is 1. The van der Waals surface area contributed by atoms with Gasteiger partial charge in [0.05, 0.1) is 7.11 Å². The lowest BCUT2D eigenvalue weighted by Gasteiger charge is -1.98. The van der Waals surface area contributed by atoms with Gasteiger partial charge < -0.3 is 10.5 Å². The molecule has 0 saturated carbocycles. The molecule has 0 amide bonds. The lowest BCUT2D eigenvalue weighted by atomic mass is 10.3. The summed E-state index contributed by atoms with van der Waals surface area (Å²) in [7, 11) is 1.59. The zero-order valence-corrected chi connectivity index (χ0v) is 6.42. The van der Waals surface area contributed by atoms with E-state index in [1.54, 1.807) is 13.2 Å². The first-order valence-corrected chi connectivity index (χ1v) is 3.01. The number of hydrogen-bond donors (Lipinski definition) is 1. The molecule has 0 aromatic rings. The summed E-state index contributed by atoms with van der Waals surface area (Å²) in [5.74, 6) is 0.721. The molecule has 0 aromatic carbocycles. The first-order valence-electron chi connectivity index (χ1n) is 3.01. The van der Waals surface area contributed by atoms with E-state index in [-0.39, 0.29) is 0 Å². The lowest BCUT2D eigenvalue weighted by Crippen LogP contribution is -1.85. The third kappa shape index (κ3) is 2.97. The van der Waals surface area contributed by atoms with Crippen molar-refractivity contribution < 1.29 is 4.74 Å². The van der Waals surface area contributed by atoms with Crippen LogP contribution >= 0.6 is 0 Å². The minimum Gasteiger partial charge on any atom is -0.497 e. The van der Waals surface area contributed by atoms with Crippen molar-refractivity contribution in [2.24, 2.45) is 5.73 Å². The van der Waals surface area contributed by atoms with Gasteiger partial charge >= 0.3 is 0 Å². The second-order valence-corrected chi connectivity index (χ2v) is 1.87. The van der Waals surface area contributed by atoms with Crippen LogP contribution in [-0.4, -0.2) is 7.11 Å². The van der Waals surface area contributed by atoms with Gasteiger partial charge in [0.2, 0.25) is 0 Å². The Kier molecular flexibility index (Phi) is 4.12. The second kappa shape index (κ2) is 4.68. The molecular formula is C8H13NO. The zero-order chi connectivity index (χ0) is 7.98. The van der Waals surface area contributed by atoms with Gasteiger partial charge in [-0.05, 0) is 30.8 Å². The molecule has 0 saturated heterocycles. The Morgan fingerprint density at radius 1 is 1.60 bits per heavy atom. The van der Waals surface area contributed by atoms with E-state index in [9.17, 15) is 0 Å². The molecule has 0 fully saturated rings. The zero-order valence-electron chi connectivity index (χ0n) is 6.42. The molecule has 0 rings (SSSR count). The van der Waals surface area contributed by atoms with Gasteiger partial charge in [0, 0.05) is 0 Å².